The fraction of sp³-hybridized carbons (Fsp3) is 0.194. The van der Waals surface area contributed by atoms with Gasteiger partial charge in [0.2, 0.25) is 0 Å². The summed E-state index contributed by atoms with van der Waals surface area (Å²) in [6.07, 6.45) is 3.64. The van der Waals surface area contributed by atoms with Crippen LogP contribution in [0.15, 0.2) is 100 Å². The van der Waals surface area contributed by atoms with Gasteiger partial charge in [-0.05, 0) is 68.0 Å². The molecule has 5 aromatic rings. The van der Waals surface area contributed by atoms with E-state index in [-0.39, 0.29) is 17.7 Å². The van der Waals surface area contributed by atoms with Crippen LogP contribution in [0.5, 0.6) is 11.5 Å². The molecule has 1 unspecified atom stereocenters. The van der Waals surface area contributed by atoms with Gasteiger partial charge in [0.15, 0.2) is 16.3 Å². The Bertz CT molecular complexity index is 2230. The molecule has 244 valence electrons. The molecule has 0 saturated heterocycles. The average Bonchev–Trinajstić information content (AvgIpc) is 3.67. The van der Waals surface area contributed by atoms with Crippen LogP contribution < -0.4 is 24.4 Å². The van der Waals surface area contributed by atoms with Gasteiger partial charge in [0, 0.05) is 17.3 Å². The SMILES string of the molecule is CCOC(=O)C1=C(C)N=c2sc(=Cc3cn(-c4ccccc4)nc3-c3ccc(OC)c(OC)c3)c(=O)n2C1c1ccc(C(=O)OC)cc1. The monoisotopic (exact) mass is 664 g/mol. The molecule has 2 aromatic heterocycles. The van der Waals surface area contributed by atoms with Crippen molar-refractivity contribution in [3.8, 4) is 28.4 Å². The number of carbonyl (C=O) groups excluding carboxylic acids is 2. The lowest BCUT2D eigenvalue weighted by atomic mass is 9.95. The van der Waals surface area contributed by atoms with Gasteiger partial charge in [-0.1, -0.05) is 41.7 Å². The second kappa shape index (κ2) is 13.5. The quantitative estimate of drug-likeness (QED) is 0.212. The summed E-state index contributed by atoms with van der Waals surface area (Å²) in [4.78, 5) is 44.9. The molecule has 3 heterocycles. The Morgan fingerprint density at radius 1 is 0.938 bits per heavy atom. The van der Waals surface area contributed by atoms with Gasteiger partial charge in [-0.2, -0.15) is 5.10 Å². The summed E-state index contributed by atoms with van der Waals surface area (Å²) in [5.74, 6) is 0.0415. The van der Waals surface area contributed by atoms with E-state index >= 15 is 0 Å². The zero-order valence-corrected chi connectivity index (χ0v) is 27.7. The molecule has 3 aromatic carbocycles. The second-order valence-corrected chi connectivity index (χ2v) is 11.7. The summed E-state index contributed by atoms with van der Waals surface area (Å²) in [6.45, 7) is 3.59. The van der Waals surface area contributed by atoms with E-state index in [9.17, 15) is 14.4 Å². The van der Waals surface area contributed by atoms with Gasteiger partial charge in [-0.25, -0.2) is 19.3 Å². The molecule has 0 spiro atoms. The Labute approximate surface area is 279 Å². The van der Waals surface area contributed by atoms with E-state index in [1.165, 1.54) is 23.0 Å². The van der Waals surface area contributed by atoms with Crippen molar-refractivity contribution in [2.45, 2.75) is 19.9 Å². The van der Waals surface area contributed by atoms with E-state index < -0.39 is 18.0 Å². The van der Waals surface area contributed by atoms with Crippen molar-refractivity contribution in [3.63, 3.8) is 0 Å². The highest BCUT2D eigenvalue weighted by molar-refractivity contribution is 7.07. The first-order chi connectivity index (χ1) is 23.3. The maximum atomic E-state index is 14.3. The molecule has 0 aliphatic carbocycles. The molecule has 1 aliphatic heterocycles. The fourth-order valence-corrected chi connectivity index (χ4v) is 6.62. The zero-order valence-electron chi connectivity index (χ0n) is 26.9. The van der Waals surface area contributed by atoms with Crippen molar-refractivity contribution in [2.75, 3.05) is 27.9 Å². The predicted molar refractivity (Wildman–Crippen MR) is 180 cm³/mol. The third kappa shape index (κ3) is 5.93. The number of hydrogen-bond acceptors (Lipinski definition) is 10. The summed E-state index contributed by atoms with van der Waals surface area (Å²) in [5, 5.41) is 4.90. The molecule has 11 nitrogen and oxygen atoms in total. The second-order valence-electron chi connectivity index (χ2n) is 10.7. The van der Waals surface area contributed by atoms with E-state index in [2.05, 4.69) is 4.99 Å². The van der Waals surface area contributed by atoms with E-state index in [1.807, 2.05) is 48.7 Å². The molecule has 12 heteroatoms. The molecule has 48 heavy (non-hydrogen) atoms. The van der Waals surface area contributed by atoms with Gasteiger partial charge < -0.3 is 18.9 Å². The normalized spacial score (nSPS) is 14.3. The van der Waals surface area contributed by atoms with Crippen LogP contribution in [0.2, 0.25) is 0 Å². The van der Waals surface area contributed by atoms with Crippen molar-refractivity contribution < 1.29 is 28.5 Å². The van der Waals surface area contributed by atoms with E-state index in [0.717, 1.165) is 11.3 Å². The zero-order chi connectivity index (χ0) is 33.9. The minimum Gasteiger partial charge on any atom is -0.493 e. The predicted octanol–water partition coefficient (Wildman–Crippen LogP) is 4.45. The van der Waals surface area contributed by atoms with Crippen LogP contribution in [0.4, 0.5) is 0 Å². The number of esters is 2. The van der Waals surface area contributed by atoms with E-state index in [1.54, 1.807) is 69.2 Å². The Morgan fingerprint density at radius 2 is 1.67 bits per heavy atom. The summed E-state index contributed by atoms with van der Waals surface area (Å²) >= 11 is 1.21. The van der Waals surface area contributed by atoms with Crippen LogP contribution in [0.1, 0.15) is 41.4 Å². The molecular formula is C36H32N4O7S. The van der Waals surface area contributed by atoms with Crippen LogP contribution in [-0.2, 0) is 14.3 Å². The van der Waals surface area contributed by atoms with Gasteiger partial charge in [0.05, 0.1) is 61.0 Å². The number of benzene rings is 3. The number of fused-ring (bicyclic) bond motifs is 1. The first-order valence-electron chi connectivity index (χ1n) is 15.0. The fourth-order valence-electron chi connectivity index (χ4n) is 5.58. The standard InChI is InChI=1S/C36H32N4O7S/c1-6-47-35(43)30-21(2)37-36-40(32(30)22-12-14-23(15-13-22)34(42)46-5)33(41)29(48-36)19-25-20-39(26-10-8-7-9-11-26)38-31(25)24-16-17-27(44-3)28(18-24)45-4/h7-20,32H,6H2,1-5H3. The maximum absolute atomic E-state index is 14.3. The van der Waals surface area contributed by atoms with E-state index in [0.29, 0.717) is 48.9 Å². The highest BCUT2D eigenvalue weighted by atomic mass is 32.1. The van der Waals surface area contributed by atoms with Crippen LogP contribution in [0.25, 0.3) is 23.0 Å². The van der Waals surface area contributed by atoms with Gasteiger partial charge in [0.1, 0.15) is 5.69 Å². The van der Waals surface area contributed by atoms with Crippen LogP contribution in [0, 0.1) is 0 Å². The van der Waals surface area contributed by atoms with Crippen molar-refractivity contribution >= 4 is 29.4 Å². The minimum absolute atomic E-state index is 0.151. The first kappa shape index (κ1) is 32.2. The third-order valence-corrected chi connectivity index (χ3v) is 8.85. The van der Waals surface area contributed by atoms with Crippen LogP contribution >= 0.6 is 11.3 Å². The van der Waals surface area contributed by atoms with Crippen LogP contribution in [0.3, 0.4) is 0 Å². The van der Waals surface area contributed by atoms with Gasteiger partial charge in [-0.15, -0.1) is 0 Å². The number of thiazole rings is 1. The Balaban J connectivity index is 1.55. The summed E-state index contributed by atoms with van der Waals surface area (Å²) in [6, 6.07) is 20.9. The molecule has 0 fully saturated rings. The van der Waals surface area contributed by atoms with E-state index in [4.69, 9.17) is 24.0 Å². The first-order valence-corrected chi connectivity index (χ1v) is 15.8. The van der Waals surface area contributed by atoms with Crippen molar-refractivity contribution in [1.29, 1.82) is 0 Å². The number of carbonyl (C=O) groups is 2. The average molecular weight is 665 g/mol. The van der Waals surface area contributed by atoms with Crippen molar-refractivity contribution in [3.05, 3.63) is 127 Å². The number of methoxy groups -OCH3 is 3. The van der Waals surface area contributed by atoms with Gasteiger partial charge >= 0.3 is 11.9 Å². The minimum atomic E-state index is -0.841. The molecule has 0 radical (unpaired) electrons. The van der Waals surface area contributed by atoms with Gasteiger partial charge in [-0.3, -0.25) is 9.36 Å². The lowest BCUT2D eigenvalue weighted by Crippen LogP contribution is -2.40. The molecule has 6 rings (SSSR count). The lowest BCUT2D eigenvalue weighted by molar-refractivity contribution is -0.139. The molecule has 1 atom stereocenters. The van der Waals surface area contributed by atoms with Crippen molar-refractivity contribution in [2.24, 2.45) is 4.99 Å². The highest BCUT2D eigenvalue weighted by Gasteiger charge is 2.33. The largest absolute Gasteiger partial charge is 0.493 e. The molecule has 0 N–H and O–H groups in total. The summed E-state index contributed by atoms with van der Waals surface area (Å²) in [7, 11) is 4.44. The number of rotatable bonds is 9. The summed E-state index contributed by atoms with van der Waals surface area (Å²) in [5.41, 5.74) is 4.16. The smallest absolute Gasteiger partial charge is 0.338 e. The van der Waals surface area contributed by atoms with Gasteiger partial charge in [0.25, 0.3) is 5.56 Å². The Hall–Kier alpha value is -5.75. The molecule has 0 amide bonds. The molecular weight excluding hydrogens is 632 g/mol. The maximum Gasteiger partial charge on any atom is 0.338 e. The Morgan fingerprint density at radius 3 is 2.33 bits per heavy atom. The topological polar surface area (TPSA) is 123 Å². The summed E-state index contributed by atoms with van der Waals surface area (Å²) < 4.78 is 24.9. The number of para-hydroxylation sites is 1. The highest BCUT2D eigenvalue weighted by Crippen LogP contribution is 2.34. The number of allylic oxidation sites excluding steroid dienone is 1. The van der Waals surface area contributed by atoms with Crippen molar-refractivity contribution in [1.82, 2.24) is 14.3 Å². The third-order valence-electron chi connectivity index (χ3n) is 7.87. The number of nitrogens with zero attached hydrogens (tertiary/aromatic N) is 4. The number of hydrogen-bond donors (Lipinski definition) is 0. The molecule has 1 aliphatic rings. The number of aromatic nitrogens is 3. The molecule has 0 saturated carbocycles. The molecule has 0 bridgehead atoms. The Kier molecular flexibility index (Phi) is 9.08. The van der Waals surface area contributed by atoms with Crippen LogP contribution in [-0.4, -0.2) is 54.2 Å². The lowest BCUT2D eigenvalue weighted by Gasteiger charge is -2.24. The number of ether oxygens (including phenoxy) is 4.